The number of allylic oxidation sites excluding steroid dienone is 1. The van der Waals surface area contributed by atoms with Crippen molar-refractivity contribution in [2.24, 2.45) is 12.5 Å². The number of sulfonamides is 1. The van der Waals surface area contributed by atoms with E-state index in [1.54, 1.807) is 42.3 Å². The lowest BCUT2D eigenvalue weighted by atomic mass is 9.60. The number of ketones is 2. The maximum absolute atomic E-state index is 14.5. The molecular weight excluding hydrogens is 571 g/mol. The standard InChI is InChI=1S/C31H31FN6O4S/c1-20-10-12-33-27(14-20)30(40)31-16-22-18-34-38(25-8-5-24(32)6-9-25)28(22)15-23(31)4-7-26(17-31)37(19-21(2)39)43(41,42)29-11-13-36(3)35-29/h5-6,8-15,18,26H,4,7,16-17,19H2,1-3H3/t26-,31-/m0/s1. The van der Waals surface area contributed by atoms with Crippen LogP contribution in [-0.4, -0.2) is 61.4 Å². The molecule has 1 aromatic carbocycles. The van der Waals surface area contributed by atoms with E-state index in [1.165, 1.54) is 40.3 Å². The highest BCUT2D eigenvalue weighted by molar-refractivity contribution is 7.89. The molecule has 0 amide bonds. The zero-order chi connectivity index (χ0) is 30.5. The Morgan fingerprint density at radius 3 is 2.60 bits per heavy atom. The number of carbonyl (C=O) groups is 2. The molecule has 2 atom stereocenters. The van der Waals surface area contributed by atoms with Crippen LogP contribution in [0.25, 0.3) is 11.8 Å². The zero-order valence-electron chi connectivity index (χ0n) is 24.1. The summed E-state index contributed by atoms with van der Waals surface area (Å²) in [6, 6.07) is 10.3. The number of nitrogens with zero attached hydrogens (tertiary/aromatic N) is 6. The number of carbonyl (C=O) groups excluding carboxylic acids is 2. The molecule has 10 nitrogen and oxygen atoms in total. The van der Waals surface area contributed by atoms with E-state index in [1.807, 2.05) is 19.1 Å². The van der Waals surface area contributed by atoms with Crippen LogP contribution in [0, 0.1) is 18.2 Å². The van der Waals surface area contributed by atoms with Gasteiger partial charge < -0.3 is 0 Å². The molecule has 0 N–H and O–H groups in total. The van der Waals surface area contributed by atoms with Crippen molar-refractivity contribution in [1.82, 2.24) is 28.9 Å². The van der Waals surface area contributed by atoms with E-state index in [2.05, 4.69) is 15.2 Å². The monoisotopic (exact) mass is 602 g/mol. The Morgan fingerprint density at radius 1 is 1.16 bits per heavy atom. The lowest BCUT2D eigenvalue weighted by Crippen LogP contribution is -2.51. The van der Waals surface area contributed by atoms with Gasteiger partial charge in [-0.15, -0.1) is 0 Å². The third-order valence-corrected chi connectivity index (χ3v) is 10.1. The molecule has 3 aromatic heterocycles. The molecule has 0 unspecified atom stereocenters. The SMILES string of the molecule is CC(=O)CN([C@H]1CCC2=Cc3c(cnn3-c3ccc(F)cc3)C[C@]2(C(=O)c2cc(C)ccn2)C1)S(=O)(=O)c1ccn(C)n1. The predicted molar refractivity (Wildman–Crippen MR) is 156 cm³/mol. The molecule has 1 fully saturated rings. The van der Waals surface area contributed by atoms with Crippen molar-refractivity contribution in [3.63, 3.8) is 0 Å². The van der Waals surface area contributed by atoms with E-state index in [4.69, 9.17) is 0 Å². The molecule has 0 spiro atoms. The third-order valence-electron chi connectivity index (χ3n) is 8.34. The molecule has 12 heteroatoms. The summed E-state index contributed by atoms with van der Waals surface area (Å²) in [6.07, 6.45) is 8.05. The van der Waals surface area contributed by atoms with Crippen LogP contribution in [0.4, 0.5) is 4.39 Å². The Morgan fingerprint density at radius 2 is 1.93 bits per heavy atom. The van der Waals surface area contributed by atoms with E-state index in [0.717, 1.165) is 22.4 Å². The summed E-state index contributed by atoms with van der Waals surface area (Å²) >= 11 is 0. The van der Waals surface area contributed by atoms with Crippen LogP contribution in [0.3, 0.4) is 0 Å². The lowest BCUT2D eigenvalue weighted by Gasteiger charge is -2.46. The average Bonchev–Trinajstić information content (AvgIpc) is 3.60. The van der Waals surface area contributed by atoms with Crippen molar-refractivity contribution in [3.05, 3.63) is 95.0 Å². The van der Waals surface area contributed by atoms with Crippen LogP contribution in [0.5, 0.6) is 0 Å². The third kappa shape index (κ3) is 5.14. The smallest absolute Gasteiger partial charge is 0.263 e. The maximum atomic E-state index is 14.5. The zero-order valence-corrected chi connectivity index (χ0v) is 24.9. The van der Waals surface area contributed by atoms with Crippen LogP contribution < -0.4 is 0 Å². The Kier molecular flexibility index (Phi) is 7.21. The molecule has 3 heterocycles. The number of benzene rings is 1. The van der Waals surface area contributed by atoms with Gasteiger partial charge in [0.1, 0.15) is 17.3 Å². The molecule has 43 heavy (non-hydrogen) atoms. The van der Waals surface area contributed by atoms with Gasteiger partial charge in [-0.2, -0.15) is 14.5 Å². The van der Waals surface area contributed by atoms with E-state index >= 15 is 0 Å². The minimum Gasteiger partial charge on any atom is -0.299 e. The largest absolute Gasteiger partial charge is 0.299 e. The second-order valence-electron chi connectivity index (χ2n) is 11.4. The summed E-state index contributed by atoms with van der Waals surface area (Å²) in [5, 5.41) is 8.54. The van der Waals surface area contributed by atoms with Gasteiger partial charge in [0.25, 0.3) is 10.0 Å². The summed E-state index contributed by atoms with van der Waals surface area (Å²) in [4.78, 5) is 31.3. The maximum Gasteiger partial charge on any atom is 0.263 e. The lowest BCUT2D eigenvalue weighted by molar-refractivity contribution is -0.117. The first kappa shape index (κ1) is 28.8. The van der Waals surface area contributed by atoms with E-state index in [-0.39, 0.29) is 41.8 Å². The molecule has 0 radical (unpaired) electrons. The number of rotatable bonds is 8. The molecular formula is C31H31FN6O4S. The highest BCUT2D eigenvalue weighted by Crippen LogP contribution is 2.51. The van der Waals surface area contributed by atoms with Gasteiger partial charge in [0.2, 0.25) is 0 Å². The summed E-state index contributed by atoms with van der Waals surface area (Å²) in [7, 11) is -2.52. The number of halogens is 1. The van der Waals surface area contributed by atoms with E-state index in [0.29, 0.717) is 24.2 Å². The summed E-state index contributed by atoms with van der Waals surface area (Å²) < 4.78 is 45.7. The van der Waals surface area contributed by atoms with Crippen LogP contribution in [-0.2, 0) is 28.3 Å². The first-order valence-corrected chi connectivity index (χ1v) is 15.4. The molecule has 6 rings (SSSR count). The van der Waals surface area contributed by atoms with Crippen molar-refractivity contribution < 1.29 is 22.4 Å². The number of fused-ring (bicyclic) bond motifs is 2. The quantitative estimate of drug-likeness (QED) is 0.279. The number of hydrogen-bond acceptors (Lipinski definition) is 7. The second kappa shape index (κ2) is 10.8. The average molecular weight is 603 g/mol. The Balaban J connectivity index is 1.46. The van der Waals surface area contributed by atoms with Crippen LogP contribution in [0.15, 0.2) is 71.7 Å². The second-order valence-corrected chi connectivity index (χ2v) is 13.2. The molecule has 0 bridgehead atoms. The molecule has 4 aromatic rings. The van der Waals surface area contributed by atoms with Crippen molar-refractivity contribution in [3.8, 4) is 5.69 Å². The normalized spacial score (nSPS) is 19.9. The summed E-state index contributed by atoms with van der Waals surface area (Å²) in [6.45, 7) is 2.91. The van der Waals surface area contributed by atoms with Gasteiger partial charge in [-0.1, -0.05) is 5.57 Å². The fourth-order valence-corrected chi connectivity index (χ4v) is 7.93. The minimum absolute atomic E-state index is 0.148. The minimum atomic E-state index is -4.15. The van der Waals surface area contributed by atoms with Crippen LogP contribution in [0.2, 0.25) is 0 Å². The first-order valence-electron chi connectivity index (χ1n) is 14.0. The van der Waals surface area contributed by atoms with Crippen molar-refractivity contribution >= 4 is 27.7 Å². The number of hydrogen-bond donors (Lipinski definition) is 0. The van der Waals surface area contributed by atoms with E-state index in [9.17, 15) is 22.4 Å². The predicted octanol–water partition coefficient (Wildman–Crippen LogP) is 4.09. The van der Waals surface area contributed by atoms with Crippen LogP contribution >= 0.6 is 0 Å². The molecule has 0 saturated heterocycles. The fourth-order valence-electron chi connectivity index (χ4n) is 6.30. The number of aromatic nitrogens is 5. The van der Waals surface area contributed by atoms with Crippen LogP contribution in [0.1, 0.15) is 53.5 Å². The highest BCUT2D eigenvalue weighted by Gasteiger charge is 2.52. The fraction of sp³-hybridized carbons (Fsp3) is 0.323. The molecule has 0 aliphatic heterocycles. The topological polar surface area (TPSA) is 120 Å². The van der Waals surface area contributed by atoms with Gasteiger partial charge in [-0.3, -0.25) is 19.3 Å². The molecule has 222 valence electrons. The molecule has 1 saturated carbocycles. The van der Waals surface area contributed by atoms with E-state index < -0.39 is 21.5 Å². The molecule has 2 aliphatic carbocycles. The van der Waals surface area contributed by atoms with Gasteiger partial charge in [0, 0.05) is 25.5 Å². The van der Waals surface area contributed by atoms with Gasteiger partial charge >= 0.3 is 0 Å². The highest BCUT2D eigenvalue weighted by atomic mass is 32.2. The van der Waals surface area contributed by atoms with Crippen molar-refractivity contribution in [2.75, 3.05) is 6.54 Å². The van der Waals surface area contributed by atoms with Gasteiger partial charge in [-0.05, 0) is 99.2 Å². The number of pyridine rings is 1. The first-order chi connectivity index (χ1) is 20.5. The number of aryl methyl sites for hydroxylation is 2. The van der Waals surface area contributed by atoms with Crippen molar-refractivity contribution in [1.29, 1.82) is 0 Å². The molecule has 2 aliphatic rings. The summed E-state index contributed by atoms with van der Waals surface area (Å²) in [5.74, 6) is -0.870. The Labute approximate surface area is 248 Å². The van der Waals surface area contributed by atoms with Crippen molar-refractivity contribution in [2.45, 2.75) is 50.6 Å². The van der Waals surface area contributed by atoms with Gasteiger partial charge in [0.15, 0.2) is 10.8 Å². The Bertz CT molecular complexity index is 1880. The van der Waals surface area contributed by atoms with Gasteiger partial charge in [0.05, 0.1) is 29.5 Å². The number of Topliss-reactive ketones (excluding diaryl/α,β-unsaturated/α-hetero) is 2. The Hall–Kier alpha value is -4.29. The van der Waals surface area contributed by atoms with Gasteiger partial charge in [-0.25, -0.2) is 17.5 Å². The summed E-state index contributed by atoms with van der Waals surface area (Å²) in [5.41, 5.74) is 3.20.